The zero-order valence-electron chi connectivity index (χ0n) is 16.7. The number of ether oxygens (including phenoxy) is 2. The van der Waals surface area contributed by atoms with E-state index in [2.05, 4.69) is 4.98 Å². The summed E-state index contributed by atoms with van der Waals surface area (Å²) in [7, 11) is 5.42. The number of pyridine rings is 1. The Labute approximate surface area is 169 Å². The maximum atomic E-state index is 14.0. The molecule has 0 amide bonds. The molecule has 0 bridgehead atoms. The zero-order valence-corrected chi connectivity index (χ0v) is 16.7. The standard InChI is InChI=1S/C22H25FN2O4/c1-25(2)11-20-21(14-5-4-6-15(23)9-14)19-10-17(28-3)7-8-18(19)22(24-20)29-13-16(27)12-26/h4-10,16,26-27H,11-13H2,1-3H3. The van der Waals surface area contributed by atoms with Gasteiger partial charge in [-0.15, -0.1) is 0 Å². The molecule has 2 N–H and O–H groups in total. The summed E-state index contributed by atoms with van der Waals surface area (Å²) in [5.41, 5.74) is 2.20. The third kappa shape index (κ3) is 4.82. The number of aliphatic hydroxyl groups is 2. The highest BCUT2D eigenvalue weighted by atomic mass is 19.1. The molecule has 0 aliphatic heterocycles. The molecular formula is C22H25FN2O4. The van der Waals surface area contributed by atoms with Crippen molar-refractivity contribution < 1.29 is 24.1 Å². The number of benzene rings is 2. The van der Waals surface area contributed by atoms with Gasteiger partial charge in [0.1, 0.15) is 24.3 Å². The molecule has 1 aromatic heterocycles. The minimum absolute atomic E-state index is 0.0919. The van der Waals surface area contributed by atoms with Gasteiger partial charge in [-0.05, 0) is 50.0 Å². The number of aromatic nitrogens is 1. The van der Waals surface area contributed by atoms with E-state index in [0.29, 0.717) is 34.8 Å². The maximum Gasteiger partial charge on any atom is 0.221 e. The van der Waals surface area contributed by atoms with Crippen molar-refractivity contribution in [2.75, 3.05) is 34.4 Å². The topological polar surface area (TPSA) is 75.0 Å². The number of nitrogens with zero attached hydrogens (tertiary/aromatic N) is 2. The minimum atomic E-state index is -1.01. The predicted octanol–water partition coefficient (Wildman–Crippen LogP) is 2.84. The van der Waals surface area contributed by atoms with Crippen LogP contribution in [-0.2, 0) is 6.54 Å². The van der Waals surface area contributed by atoms with Gasteiger partial charge in [-0.25, -0.2) is 9.37 Å². The summed E-state index contributed by atoms with van der Waals surface area (Å²) >= 11 is 0. The summed E-state index contributed by atoms with van der Waals surface area (Å²) in [6.45, 7) is 0.000934. The molecule has 1 atom stereocenters. The number of rotatable bonds is 8. The molecule has 3 aromatic rings. The van der Waals surface area contributed by atoms with E-state index in [1.165, 1.54) is 12.1 Å². The lowest BCUT2D eigenvalue weighted by molar-refractivity contribution is 0.0526. The first-order chi connectivity index (χ1) is 13.9. The molecule has 0 saturated heterocycles. The van der Waals surface area contributed by atoms with Gasteiger partial charge >= 0.3 is 0 Å². The van der Waals surface area contributed by atoms with Gasteiger partial charge in [-0.1, -0.05) is 12.1 Å². The third-order valence-corrected chi connectivity index (χ3v) is 4.45. The van der Waals surface area contributed by atoms with Crippen LogP contribution in [0.4, 0.5) is 4.39 Å². The fourth-order valence-electron chi connectivity index (χ4n) is 3.16. The first kappa shape index (κ1) is 21.0. The molecule has 0 aliphatic carbocycles. The van der Waals surface area contributed by atoms with Crippen LogP contribution in [0.2, 0.25) is 0 Å². The van der Waals surface area contributed by atoms with Crippen molar-refractivity contribution >= 4 is 10.8 Å². The summed E-state index contributed by atoms with van der Waals surface area (Å²) in [6, 6.07) is 11.9. The molecule has 7 heteroatoms. The van der Waals surface area contributed by atoms with Crippen molar-refractivity contribution in [3.8, 4) is 22.8 Å². The average Bonchev–Trinajstić information content (AvgIpc) is 2.70. The molecular weight excluding hydrogens is 375 g/mol. The Balaban J connectivity index is 2.27. The fraction of sp³-hybridized carbons (Fsp3) is 0.318. The highest BCUT2D eigenvalue weighted by Crippen LogP contribution is 2.38. The summed E-state index contributed by atoms with van der Waals surface area (Å²) < 4.78 is 25.1. The predicted molar refractivity (Wildman–Crippen MR) is 110 cm³/mol. The molecule has 2 aromatic carbocycles. The lowest BCUT2D eigenvalue weighted by Gasteiger charge is -2.20. The number of halogens is 1. The van der Waals surface area contributed by atoms with Gasteiger partial charge in [0.25, 0.3) is 0 Å². The fourth-order valence-corrected chi connectivity index (χ4v) is 3.16. The largest absolute Gasteiger partial charge is 0.497 e. The molecule has 3 rings (SSSR count). The van der Waals surface area contributed by atoms with Crippen LogP contribution in [0.15, 0.2) is 42.5 Å². The lowest BCUT2D eigenvalue weighted by Crippen LogP contribution is -2.22. The smallest absolute Gasteiger partial charge is 0.221 e. The van der Waals surface area contributed by atoms with E-state index in [4.69, 9.17) is 14.6 Å². The maximum absolute atomic E-state index is 14.0. The number of fused-ring (bicyclic) bond motifs is 1. The first-order valence-electron chi connectivity index (χ1n) is 9.26. The second kappa shape index (κ2) is 9.17. The van der Waals surface area contributed by atoms with E-state index in [-0.39, 0.29) is 12.4 Å². The zero-order chi connectivity index (χ0) is 21.0. The van der Waals surface area contributed by atoms with Crippen LogP contribution in [0.5, 0.6) is 11.6 Å². The van der Waals surface area contributed by atoms with Gasteiger partial charge in [-0.2, -0.15) is 0 Å². The highest BCUT2D eigenvalue weighted by molar-refractivity contribution is 6.01. The average molecular weight is 400 g/mol. The van der Waals surface area contributed by atoms with E-state index in [1.807, 2.05) is 37.2 Å². The molecule has 154 valence electrons. The van der Waals surface area contributed by atoms with Gasteiger partial charge in [-0.3, -0.25) is 0 Å². The SMILES string of the molecule is COc1ccc2c(OCC(O)CO)nc(CN(C)C)c(-c3cccc(F)c3)c2c1. The van der Waals surface area contributed by atoms with Gasteiger partial charge in [0.2, 0.25) is 5.88 Å². The van der Waals surface area contributed by atoms with Crippen LogP contribution < -0.4 is 9.47 Å². The molecule has 0 radical (unpaired) electrons. The van der Waals surface area contributed by atoms with E-state index >= 15 is 0 Å². The Bertz CT molecular complexity index is 994. The van der Waals surface area contributed by atoms with Gasteiger partial charge < -0.3 is 24.6 Å². The molecule has 1 heterocycles. The van der Waals surface area contributed by atoms with Gasteiger partial charge in [0.15, 0.2) is 0 Å². The van der Waals surface area contributed by atoms with Gasteiger partial charge in [0.05, 0.1) is 19.4 Å². The van der Waals surface area contributed by atoms with E-state index in [0.717, 1.165) is 10.9 Å². The van der Waals surface area contributed by atoms with E-state index in [1.54, 1.807) is 19.2 Å². The van der Waals surface area contributed by atoms with Crippen molar-refractivity contribution in [2.24, 2.45) is 0 Å². The van der Waals surface area contributed by atoms with Crippen LogP contribution in [0.3, 0.4) is 0 Å². The van der Waals surface area contributed by atoms with Crippen LogP contribution in [0.1, 0.15) is 5.69 Å². The molecule has 1 unspecified atom stereocenters. The van der Waals surface area contributed by atoms with Crippen molar-refractivity contribution in [2.45, 2.75) is 12.6 Å². The normalized spacial score (nSPS) is 12.4. The van der Waals surface area contributed by atoms with Crippen molar-refractivity contribution in [1.29, 1.82) is 0 Å². The summed E-state index contributed by atoms with van der Waals surface area (Å²) in [5, 5.41) is 20.3. The van der Waals surface area contributed by atoms with Crippen LogP contribution in [0, 0.1) is 5.82 Å². The van der Waals surface area contributed by atoms with Crippen molar-refractivity contribution in [3.63, 3.8) is 0 Å². The highest BCUT2D eigenvalue weighted by Gasteiger charge is 2.19. The minimum Gasteiger partial charge on any atom is -0.497 e. The number of aliphatic hydroxyl groups excluding tert-OH is 2. The third-order valence-electron chi connectivity index (χ3n) is 4.45. The Morgan fingerprint density at radius 1 is 1.14 bits per heavy atom. The monoisotopic (exact) mass is 400 g/mol. The molecule has 0 aliphatic rings. The van der Waals surface area contributed by atoms with E-state index < -0.39 is 12.7 Å². The molecule has 6 nitrogen and oxygen atoms in total. The first-order valence-corrected chi connectivity index (χ1v) is 9.26. The molecule has 0 saturated carbocycles. The summed E-state index contributed by atoms with van der Waals surface area (Å²) in [6.07, 6.45) is -1.01. The lowest BCUT2D eigenvalue weighted by atomic mass is 9.96. The second-order valence-corrected chi connectivity index (χ2v) is 7.05. The van der Waals surface area contributed by atoms with Crippen molar-refractivity contribution in [3.05, 3.63) is 54.0 Å². The van der Waals surface area contributed by atoms with Gasteiger partial charge in [0, 0.05) is 22.9 Å². The number of hydrogen-bond donors (Lipinski definition) is 2. The van der Waals surface area contributed by atoms with E-state index in [9.17, 15) is 9.50 Å². The molecule has 29 heavy (non-hydrogen) atoms. The quantitative estimate of drug-likeness (QED) is 0.606. The Hall–Kier alpha value is -2.74. The molecule has 0 spiro atoms. The summed E-state index contributed by atoms with van der Waals surface area (Å²) in [5.74, 6) is 0.659. The number of methoxy groups -OCH3 is 1. The Kier molecular flexibility index (Phi) is 6.64. The Morgan fingerprint density at radius 2 is 1.93 bits per heavy atom. The van der Waals surface area contributed by atoms with Crippen LogP contribution in [-0.4, -0.2) is 60.6 Å². The second-order valence-electron chi connectivity index (χ2n) is 7.05. The molecule has 0 fully saturated rings. The summed E-state index contributed by atoms with van der Waals surface area (Å²) in [4.78, 5) is 6.65. The number of hydrogen-bond acceptors (Lipinski definition) is 6. The van der Waals surface area contributed by atoms with Crippen LogP contribution in [0.25, 0.3) is 21.9 Å². The van der Waals surface area contributed by atoms with Crippen molar-refractivity contribution in [1.82, 2.24) is 9.88 Å². The van der Waals surface area contributed by atoms with Crippen LogP contribution >= 0.6 is 0 Å². The Morgan fingerprint density at radius 3 is 2.59 bits per heavy atom.